The third-order valence-corrected chi connectivity index (χ3v) is 4.62. The molecule has 1 fully saturated rings. The van der Waals surface area contributed by atoms with Crippen LogP contribution in [0, 0.1) is 5.82 Å². The molecular formula is C15H17ClFN3. The number of aromatic amines is 1. The average Bonchev–Trinajstić information content (AvgIpc) is 3.01. The second kappa shape index (κ2) is 4.77. The Morgan fingerprint density at radius 3 is 2.75 bits per heavy atom. The highest BCUT2D eigenvalue weighted by atomic mass is 35.5. The van der Waals surface area contributed by atoms with Crippen LogP contribution in [0.4, 0.5) is 10.2 Å². The van der Waals surface area contributed by atoms with Crippen LogP contribution >= 0.6 is 11.6 Å². The molecule has 0 spiro atoms. The van der Waals surface area contributed by atoms with Crippen molar-refractivity contribution in [3.63, 3.8) is 0 Å². The van der Waals surface area contributed by atoms with Crippen molar-refractivity contribution in [1.82, 2.24) is 10.2 Å². The highest BCUT2D eigenvalue weighted by molar-refractivity contribution is 6.31. The van der Waals surface area contributed by atoms with E-state index >= 15 is 0 Å². The topological polar surface area (TPSA) is 54.7 Å². The molecule has 0 saturated heterocycles. The summed E-state index contributed by atoms with van der Waals surface area (Å²) in [6.45, 7) is 2.18. The van der Waals surface area contributed by atoms with E-state index in [1.54, 1.807) is 12.1 Å². The average molecular weight is 294 g/mol. The fourth-order valence-electron chi connectivity index (χ4n) is 3.17. The Bertz CT molecular complexity index is 645. The number of nitrogen functional groups attached to an aromatic ring is 1. The Labute approximate surface area is 122 Å². The Balaban J connectivity index is 2.19. The van der Waals surface area contributed by atoms with E-state index in [0.29, 0.717) is 16.9 Å². The van der Waals surface area contributed by atoms with E-state index < -0.39 is 5.82 Å². The van der Waals surface area contributed by atoms with Gasteiger partial charge in [0.25, 0.3) is 0 Å². The summed E-state index contributed by atoms with van der Waals surface area (Å²) in [7, 11) is 0. The molecule has 0 amide bonds. The lowest BCUT2D eigenvalue weighted by molar-refractivity contribution is 0.475. The minimum absolute atomic E-state index is 0.0191. The number of nitrogens with zero attached hydrogens (tertiary/aromatic N) is 1. The van der Waals surface area contributed by atoms with E-state index in [-0.39, 0.29) is 10.4 Å². The van der Waals surface area contributed by atoms with Crippen molar-refractivity contribution in [3.8, 4) is 11.1 Å². The van der Waals surface area contributed by atoms with Gasteiger partial charge in [0.15, 0.2) is 5.82 Å². The molecule has 2 aromatic rings. The smallest absolute Gasteiger partial charge is 0.153 e. The fourth-order valence-corrected chi connectivity index (χ4v) is 3.34. The maximum absolute atomic E-state index is 14.3. The molecule has 0 radical (unpaired) electrons. The summed E-state index contributed by atoms with van der Waals surface area (Å²) in [6.07, 6.45) is 4.47. The number of anilines is 1. The normalized spacial score (nSPS) is 17.6. The Kier molecular flexibility index (Phi) is 3.21. The van der Waals surface area contributed by atoms with E-state index in [9.17, 15) is 4.39 Å². The maximum Gasteiger partial charge on any atom is 0.153 e. The molecule has 0 unspecified atom stereocenters. The van der Waals surface area contributed by atoms with Gasteiger partial charge in [-0.15, -0.1) is 0 Å². The predicted molar refractivity (Wildman–Crippen MR) is 79.2 cm³/mol. The molecule has 1 heterocycles. The molecule has 3 N–H and O–H groups in total. The van der Waals surface area contributed by atoms with Gasteiger partial charge in [0, 0.05) is 11.0 Å². The molecule has 5 heteroatoms. The van der Waals surface area contributed by atoms with Crippen LogP contribution in [0.2, 0.25) is 5.02 Å². The molecule has 1 aromatic heterocycles. The van der Waals surface area contributed by atoms with Crippen LogP contribution in [0.3, 0.4) is 0 Å². The van der Waals surface area contributed by atoms with E-state index in [1.165, 1.54) is 18.9 Å². The molecule has 0 aliphatic heterocycles. The van der Waals surface area contributed by atoms with Gasteiger partial charge in [0.1, 0.15) is 5.82 Å². The summed E-state index contributed by atoms with van der Waals surface area (Å²) in [5.74, 6) is -0.112. The summed E-state index contributed by atoms with van der Waals surface area (Å²) < 4.78 is 14.3. The third kappa shape index (κ3) is 1.99. The first-order valence-electron chi connectivity index (χ1n) is 6.81. The lowest BCUT2D eigenvalue weighted by Gasteiger charge is -2.23. The van der Waals surface area contributed by atoms with Crippen LogP contribution in [0.1, 0.15) is 38.3 Å². The second-order valence-corrected chi connectivity index (χ2v) is 6.14. The molecule has 3 rings (SSSR count). The lowest BCUT2D eigenvalue weighted by Crippen LogP contribution is -2.18. The molecule has 1 aliphatic rings. The standard InChI is InChI=1S/C15H17ClFN3/c1-15(7-2-3-8-15)13-11(14(18)20-19-13)9-5-4-6-10(16)12(9)17/h4-6H,2-3,7-8H2,1H3,(H3,18,19,20). The summed E-state index contributed by atoms with van der Waals surface area (Å²) in [4.78, 5) is 0. The van der Waals surface area contributed by atoms with Gasteiger partial charge >= 0.3 is 0 Å². The van der Waals surface area contributed by atoms with Gasteiger partial charge in [-0.3, -0.25) is 5.10 Å². The molecule has 106 valence electrons. The number of hydrogen-bond donors (Lipinski definition) is 2. The number of nitrogens with one attached hydrogen (secondary N) is 1. The largest absolute Gasteiger partial charge is 0.382 e. The Morgan fingerprint density at radius 2 is 2.05 bits per heavy atom. The highest BCUT2D eigenvalue weighted by Gasteiger charge is 2.36. The number of benzene rings is 1. The number of H-pyrrole nitrogens is 1. The Hall–Kier alpha value is -1.55. The third-order valence-electron chi connectivity index (χ3n) is 4.33. The predicted octanol–water partition coefficient (Wildman–Crippen LogP) is 4.28. The highest BCUT2D eigenvalue weighted by Crippen LogP contribution is 2.45. The minimum atomic E-state index is -0.440. The first kappa shape index (κ1) is 13.4. The number of nitrogens with two attached hydrogens (primary N) is 1. The molecule has 1 aliphatic carbocycles. The van der Waals surface area contributed by atoms with E-state index in [0.717, 1.165) is 18.5 Å². The number of aromatic nitrogens is 2. The van der Waals surface area contributed by atoms with Crippen LogP contribution in [-0.4, -0.2) is 10.2 Å². The molecule has 3 nitrogen and oxygen atoms in total. The van der Waals surface area contributed by atoms with Gasteiger partial charge in [0.2, 0.25) is 0 Å². The van der Waals surface area contributed by atoms with Crippen LogP contribution < -0.4 is 5.73 Å². The summed E-state index contributed by atoms with van der Waals surface area (Å²) in [5.41, 5.74) is 7.96. The molecule has 1 saturated carbocycles. The van der Waals surface area contributed by atoms with Crippen molar-refractivity contribution in [2.75, 3.05) is 5.73 Å². The first-order chi connectivity index (χ1) is 9.53. The van der Waals surface area contributed by atoms with Gasteiger partial charge in [-0.2, -0.15) is 5.10 Å². The Morgan fingerprint density at radius 1 is 1.35 bits per heavy atom. The maximum atomic E-state index is 14.3. The van der Waals surface area contributed by atoms with Gasteiger partial charge in [0.05, 0.1) is 16.3 Å². The molecule has 20 heavy (non-hydrogen) atoms. The number of halogens is 2. The van der Waals surface area contributed by atoms with Gasteiger partial charge in [-0.25, -0.2) is 4.39 Å². The zero-order chi connectivity index (χ0) is 14.3. The quantitative estimate of drug-likeness (QED) is 0.868. The number of hydrogen-bond acceptors (Lipinski definition) is 2. The van der Waals surface area contributed by atoms with E-state index in [1.807, 2.05) is 0 Å². The summed E-state index contributed by atoms with van der Waals surface area (Å²) in [6, 6.07) is 4.96. The van der Waals surface area contributed by atoms with Crippen molar-refractivity contribution in [3.05, 3.63) is 34.7 Å². The van der Waals surface area contributed by atoms with Crippen LogP contribution in [-0.2, 0) is 5.41 Å². The monoisotopic (exact) mass is 293 g/mol. The summed E-state index contributed by atoms with van der Waals surface area (Å²) in [5, 5.41) is 7.22. The summed E-state index contributed by atoms with van der Waals surface area (Å²) >= 11 is 5.88. The van der Waals surface area contributed by atoms with E-state index in [2.05, 4.69) is 17.1 Å². The van der Waals surface area contributed by atoms with Crippen LogP contribution in [0.5, 0.6) is 0 Å². The zero-order valence-electron chi connectivity index (χ0n) is 11.3. The first-order valence-corrected chi connectivity index (χ1v) is 7.19. The molecule has 0 atom stereocenters. The fraction of sp³-hybridized carbons (Fsp3) is 0.400. The second-order valence-electron chi connectivity index (χ2n) is 5.73. The molecule has 0 bridgehead atoms. The van der Waals surface area contributed by atoms with Crippen molar-refractivity contribution in [2.45, 2.75) is 38.0 Å². The van der Waals surface area contributed by atoms with Crippen LogP contribution in [0.25, 0.3) is 11.1 Å². The van der Waals surface area contributed by atoms with Crippen LogP contribution in [0.15, 0.2) is 18.2 Å². The van der Waals surface area contributed by atoms with E-state index in [4.69, 9.17) is 17.3 Å². The van der Waals surface area contributed by atoms with Crippen molar-refractivity contribution in [1.29, 1.82) is 0 Å². The lowest BCUT2D eigenvalue weighted by atomic mass is 9.81. The van der Waals surface area contributed by atoms with Gasteiger partial charge in [-0.05, 0) is 18.9 Å². The van der Waals surface area contributed by atoms with Gasteiger partial charge in [-0.1, -0.05) is 43.5 Å². The van der Waals surface area contributed by atoms with Crippen molar-refractivity contribution >= 4 is 17.4 Å². The zero-order valence-corrected chi connectivity index (χ0v) is 12.1. The SMILES string of the molecule is CC1(c2[nH]nc(N)c2-c2cccc(Cl)c2F)CCCC1. The van der Waals surface area contributed by atoms with Gasteiger partial charge < -0.3 is 5.73 Å². The molecular weight excluding hydrogens is 277 g/mol. The minimum Gasteiger partial charge on any atom is -0.382 e. The number of rotatable bonds is 2. The molecule has 1 aromatic carbocycles. The van der Waals surface area contributed by atoms with Crippen molar-refractivity contribution < 1.29 is 4.39 Å². The van der Waals surface area contributed by atoms with Crippen molar-refractivity contribution in [2.24, 2.45) is 0 Å².